The van der Waals surface area contributed by atoms with Crippen molar-refractivity contribution in [3.63, 3.8) is 0 Å². The number of anilines is 1. The van der Waals surface area contributed by atoms with Gasteiger partial charge in [-0.1, -0.05) is 0 Å². The number of fused-ring (bicyclic) bond motifs is 3. The summed E-state index contributed by atoms with van der Waals surface area (Å²) in [4.78, 5) is 25.4. The van der Waals surface area contributed by atoms with Crippen LogP contribution < -0.4 is 16.6 Å². The molecule has 0 aliphatic carbocycles. The lowest BCUT2D eigenvalue weighted by Gasteiger charge is -2.29. The fourth-order valence-corrected chi connectivity index (χ4v) is 3.71. The summed E-state index contributed by atoms with van der Waals surface area (Å²) in [6.07, 6.45) is 3.63. The summed E-state index contributed by atoms with van der Waals surface area (Å²) in [7, 11) is 1.64. The molecule has 0 aromatic carbocycles. The molecule has 7 nitrogen and oxygen atoms in total. The summed E-state index contributed by atoms with van der Waals surface area (Å²) in [5, 5.41) is 3.62. The highest BCUT2D eigenvalue weighted by atomic mass is 32.1. The number of aromatic nitrogens is 2. The zero-order chi connectivity index (χ0) is 16.6. The van der Waals surface area contributed by atoms with Crippen molar-refractivity contribution in [3.8, 4) is 0 Å². The van der Waals surface area contributed by atoms with Crippen LogP contribution in [0.25, 0.3) is 10.2 Å². The van der Waals surface area contributed by atoms with E-state index in [9.17, 15) is 4.79 Å². The molecule has 122 valence electrons. The number of nitrogens with one attached hydrogen (secondary N) is 2. The standard InChI is InChI=1S/C15H19N5O2S/c1-15(2)4-9-10(7-22-15)23-13-11(9)12(21)19-14(20-13)18-8(5-16)6-17-3/h5-6H,4,7,16H2,1-3H3,(H2,18,19,20,21)/b8-5+,17-6?. The number of aromatic amines is 1. The monoisotopic (exact) mass is 333 g/mol. The first-order valence-corrected chi connectivity index (χ1v) is 8.05. The Bertz CT molecular complexity index is 863. The Morgan fingerprint density at radius 3 is 3.04 bits per heavy atom. The minimum Gasteiger partial charge on any atom is -0.403 e. The zero-order valence-corrected chi connectivity index (χ0v) is 14.1. The second-order valence-electron chi connectivity index (χ2n) is 5.96. The third-order valence-electron chi connectivity index (χ3n) is 3.65. The quantitative estimate of drug-likeness (QED) is 0.742. The number of ether oxygens (including phenoxy) is 1. The van der Waals surface area contributed by atoms with Gasteiger partial charge in [-0.3, -0.25) is 14.8 Å². The fourth-order valence-electron chi connectivity index (χ4n) is 2.60. The molecule has 0 spiro atoms. The lowest BCUT2D eigenvalue weighted by Crippen LogP contribution is -2.31. The fraction of sp³-hybridized carbons (Fsp3) is 0.400. The van der Waals surface area contributed by atoms with E-state index < -0.39 is 0 Å². The average molecular weight is 333 g/mol. The highest BCUT2D eigenvalue weighted by Crippen LogP contribution is 2.36. The van der Waals surface area contributed by atoms with Gasteiger partial charge >= 0.3 is 0 Å². The minimum atomic E-state index is -0.266. The number of rotatable bonds is 3. The maximum Gasteiger partial charge on any atom is 0.261 e. The number of hydrogen-bond acceptors (Lipinski definition) is 7. The van der Waals surface area contributed by atoms with Crippen LogP contribution >= 0.6 is 11.3 Å². The smallest absolute Gasteiger partial charge is 0.261 e. The number of thiophene rings is 1. The lowest BCUT2D eigenvalue weighted by atomic mass is 9.94. The third-order valence-corrected chi connectivity index (χ3v) is 4.75. The first kappa shape index (κ1) is 15.7. The number of nitrogens with zero attached hydrogens (tertiary/aromatic N) is 2. The molecule has 3 heterocycles. The molecule has 0 amide bonds. The molecule has 4 N–H and O–H groups in total. The van der Waals surface area contributed by atoms with E-state index in [2.05, 4.69) is 20.3 Å². The van der Waals surface area contributed by atoms with Gasteiger partial charge in [0.15, 0.2) is 0 Å². The summed E-state index contributed by atoms with van der Waals surface area (Å²) in [5.41, 5.74) is 6.70. The SMILES string of the molecule is CN=C/C(=C\N)Nc1nc2sc3c(c2c(=O)[nH]1)CC(C)(C)OC3. The van der Waals surface area contributed by atoms with E-state index in [1.54, 1.807) is 13.3 Å². The molecule has 0 saturated heterocycles. The van der Waals surface area contributed by atoms with E-state index in [0.29, 0.717) is 34.9 Å². The molecule has 23 heavy (non-hydrogen) atoms. The molecule has 0 atom stereocenters. The van der Waals surface area contributed by atoms with Crippen molar-refractivity contribution in [2.45, 2.75) is 32.5 Å². The van der Waals surface area contributed by atoms with E-state index in [1.165, 1.54) is 17.5 Å². The van der Waals surface area contributed by atoms with Crippen molar-refractivity contribution in [3.05, 3.63) is 32.7 Å². The van der Waals surface area contributed by atoms with Crippen molar-refractivity contribution < 1.29 is 4.74 Å². The van der Waals surface area contributed by atoms with E-state index >= 15 is 0 Å². The van der Waals surface area contributed by atoms with Crippen molar-refractivity contribution in [2.75, 3.05) is 12.4 Å². The van der Waals surface area contributed by atoms with Gasteiger partial charge in [-0.25, -0.2) is 4.98 Å². The highest BCUT2D eigenvalue weighted by molar-refractivity contribution is 7.18. The maximum absolute atomic E-state index is 12.5. The molecule has 0 bridgehead atoms. The molecule has 0 unspecified atom stereocenters. The van der Waals surface area contributed by atoms with Crippen LogP contribution in [0.5, 0.6) is 0 Å². The van der Waals surface area contributed by atoms with Gasteiger partial charge in [0.25, 0.3) is 5.56 Å². The van der Waals surface area contributed by atoms with Crippen LogP contribution in [-0.2, 0) is 17.8 Å². The minimum absolute atomic E-state index is 0.155. The largest absolute Gasteiger partial charge is 0.403 e. The molecular weight excluding hydrogens is 314 g/mol. The highest BCUT2D eigenvalue weighted by Gasteiger charge is 2.30. The second-order valence-corrected chi connectivity index (χ2v) is 7.04. The molecule has 0 saturated carbocycles. The Balaban J connectivity index is 2.06. The molecule has 0 fully saturated rings. The summed E-state index contributed by atoms with van der Waals surface area (Å²) in [5.74, 6) is 0.345. The van der Waals surface area contributed by atoms with E-state index in [-0.39, 0.29) is 11.2 Å². The van der Waals surface area contributed by atoms with Gasteiger partial charge in [-0.15, -0.1) is 11.3 Å². The van der Waals surface area contributed by atoms with Crippen LogP contribution in [0.2, 0.25) is 0 Å². The van der Waals surface area contributed by atoms with E-state index in [4.69, 9.17) is 10.5 Å². The Morgan fingerprint density at radius 2 is 2.35 bits per heavy atom. The van der Waals surface area contributed by atoms with Crippen molar-refractivity contribution in [1.82, 2.24) is 9.97 Å². The Kier molecular flexibility index (Phi) is 3.95. The van der Waals surface area contributed by atoms with E-state index in [0.717, 1.165) is 10.4 Å². The second kappa shape index (κ2) is 5.78. The van der Waals surface area contributed by atoms with E-state index in [1.807, 2.05) is 13.8 Å². The maximum atomic E-state index is 12.5. The molecule has 3 rings (SSSR count). The molecule has 2 aromatic heterocycles. The van der Waals surface area contributed by atoms with Gasteiger partial charge < -0.3 is 15.8 Å². The number of H-pyrrole nitrogens is 1. The molecular formula is C15H19N5O2S. The Hall–Kier alpha value is -2.19. The van der Waals surface area contributed by atoms with Gasteiger partial charge in [0.05, 0.1) is 23.3 Å². The summed E-state index contributed by atoms with van der Waals surface area (Å²) < 4.78 is 5.82. The average Bonchev–Trinajstić information content (AvgIpc) is 2.83. The van der Waals surface area contributed by atoms with Gasteiger partial charge in [0.1, 0.15) is 4.83 Å². The number of aliphatic imine (C=N–C) groups is 1. The topological polar surface area (TPSA) is 105 Å². The predicted molar refractivity (Wildman–Crippen MR) is 93.1 cm³/mol. The number of hydrogen-bond donors (Lipinski definition) is 3. The predicted octanol–water partition coefficient (Wildman–Crippen LogP) is 1.75. The Labute approximate surface area is 137 Å². The van der Waals surface area contributed by atoms with Crippen LogP contribution in [0.1, 0.15) is 24.3 Å². The Morgan fingerprint density at radius 1 is 1.57 bits per heavy atom. The van der Waals surface area contributed by atoms with Crippen molar-refractivity contribution in [2.24, 2.45) is 10.7 Å². The molecule has 2 aromatic rings. The van der Waals surface area contributed by atoms with Crippen LogP contribution in [0.15, 0.2) is 21.7 Å². The molecule has 0 radical (unpaired) electrons. The van der Waals surface area contributed by atoms with Crippen LogP contribution in [0.4, 0.5) is 5.95 Å². The van der Waals surface area contributed by atoms with Crippen LogP contribution in [0.3, 0.4) is 0 Å². The van der Waals surface area contributed by atoms with Gasteiger partial charge in [0.2, 0.25) is 5.95 Å². The van der Waals surface area contributed by atoms with Gasteiger partial charge in [0, 0.05) is 30.8 Å². The van der Waals surface area contributed by atoms with Crippen molar-refractivity contribution >= 4 is 33.7 Å². The zero-order valence-electron chi connectivity index (χ0n) is 13.3. The summed E-state index contributed by atoms with van der Waals surface area (Å²) >= 11 is 1.50. The molecule has 1 aliphatic rings. The van der Waals surface area contributed by atoms with Crippen LogP contribution in [0, 0.1) is 0 Å². The van der Waals surface area contributed by atoms with Crippen molar-refractivity contribution in [1.29, 1.82) is 0 Å². The molecule has 8 heteroatoms. The van der Waals surface area contributed by atoms with Gasteiger partial charge in [-0.05, 0) is 19.4 Å². The normalized spacial score (nSPS) is 17.6. The lowest BCUT2D eigenvalue weighted by molar-refractivity contribution is -0.0379. The number of allylic oxidation sites excluding steroid dienone is 1. The van der Waals surface area contributed by atoms with Crippen LogP contribution in [-0.4, -0.2) is 28.8 Å². The third kappa shape index (κ3) is 2.99. The molecule has 1 aliphatic heterocycles. The summed E-state index contributed by atoms with van der Waals surface area (Å²) in [6.45, 7) is 4.57. The first-order valence-electron chi connectivity index (χ1n) is 7.23. The summed E-state index contributed by atoms with van der Waals surface area (Å²) in [6, 6.07) is 0. The van der Waals surface area contributed by atoms with Gasteiger partial charge in [-0.2, -0.15) is 0 Å². The first-order chi connectivity index (χ1) is 10.9. The number of nitrogens with two attached hydrogens (primary N) is 1.